The van der Waals surface area contributed by atoms with Crippen LogP contribution < -0.4 is 0 Å². The normalized spacial score (nSPS) is 53.7. The molecular formula is C25H34O7. The summed E-state index contributed by atoms with van der Waals surface area (Å²) in [7, 11) is 0. The summed E-state index contributed by atoms with van der Waals surface area (Å²) in [6.45, 7) is 4.13. The van der Waals surface area contributed by atoms with E-state index in [-0.39, 0.29) is 29.1 Å². The molecule has 0 aromatic carbocycles. The van der Waals surface area contributed by atoms with Crippen molar-refractivity contribution in [3.63, 3.8) is 0 Å². The van der Waals surface area contributed by atoms with Gasteiger partial charge in [-0.1, -0.05) is 6.92 Å². The molecule has 0 aromatic rings. The number of ether oxygens (including phenoxy) is 3. The van der Waals surface area contributed by atoms with Crippen LogP contribution in [0.5, 0.6) is 0 Å². The number of fused-ring (bicyclic) bond motifs is 1. The number of esters is 2. The van der Waals surface area contributed by atoms with Gasteiger partial charge < -0.3 is 24.4 Å². The number of aliphatic hydroxyl groups is 2. The van der Waals surface area contributed by atoms with Crippen molar-refractivity contribution in [1.29, 1.82) is 0 Å². The van der Waals surface area contributed by atoms with Crippen molar-refractivity contribution in [3.8, 4) is 0 Å². The van der Waals surface area contributed by atoms with Crippen molar-refractivity contribution < 1.29 is 34.0 Å². The Kier molecular flexibility index (Phi) is 4.34. The lowest BCUT2D eigenvalue weighted by atomic mass is 9.42. The van der Waals surface area contributed by atoms with E-state index < -0.39 is 35.0 Å². The number of aliphatic hydroxyl groups excluding tert-OH is 1. The van der Waals surface area contributed by atoms with E-state index in [0.29, 0.717) is 38.7 Å². The third kappa shape index (κ3) is 2.43. The van der Waals surface area contributed by atoms with Crippen molar-refractivity contribution >= 4 is 11.9 Å². The van der Waals surface area contributed by atoms with E-state index in [2.05, 4.69) is 6.92 Å². The molecule has 5 fully saturated rings. The predicted octanol–water partition coefficient (Wildman–Crippen LogP) is 2.63. The average molecular weight is 447 g/mol. The molecule has 1 saturated heterocycles. The Morgan fingerprint density at radius 1 is 1.12 bits per heavy atom. The SMILES string of the molecule is CC(=O)O[C@@H]1O[C@@]23CC[C@@]4(O)C[C@@H](O)CC[C@@]14[C@H]2CC[C@]1(C)[C@@H](C2=CC(=O)OC2)CC[C@H]13. The second-order valence-electron chi connectivity index (χ2n) is 11.6. The molecule has 0 amide bonds. The van der Waals surface area contributed by atoms with Gasteiger partial charge in [0.15, 0.2) is 0 Å². The average Bonchev–Trinajstić information content (AvgIpc) is 3.35. The van der Waals surface area contributed by atoms with Gasteiger partial charge in [0.2, 0.25) is 6.29 Å². The number of carbonyl (C=O) groups excluding carboxylic acids is 2. The third-order valence-electron chi connectivity index (χ3n) is 10.5. The van der Waals surface area contributed by atoms with Gasteiger partial charge in [-0.15, -0.1) is 0 Å². The Morgan fingerprint density at radius 2 is 1.94 bits per heavy atom. The quantitative estimate of drug-likeness (QED) is 0.629. The van der Waals surface area contributed by atoms with Gasteiger partial charge in [-0.3, -0.25) is 4.79 Å². The molecule has 7 nitrogen and oxygen atoms in total. The fourth-order valence-corrected chi connectivity index (χ4v) is 9.43. The van der Waals surface area contributed by atoms with Crippen molar-refractivity contribution in [2.45, 2.75) is 95.2 Å². The topological polar surface area (TPSA) is 102 Å². The van der Waals surface area contributed by atoms with Crippen LogP contribution >= 0.6 is 0 Å². The first kappa shape index (κ1) is 21.1. The van der Waals surface area contributed by atoms with Crippen LogP contribution in [0.4, 0.5) is 0 Å². The standard InChI is InChI=1S/C25H34O7/c1-14(26)31-21-24-8-5-16(27)12-23(24,29)9-10-25(32-21)18-4-3-17(15-11-20(28)30-13-15)22(18,2)7-6-19(24)25/h11,16-19,21,27,29H,3-10,12-13H2,1-2H3/t16-,17+,18+,19+,21+,22+,23+,24+,25+/m0/s1. The molecule has 1 spiro atoms. The van der Waals surface area contributed by atoms with Gasteiger partial charge in [0.05, 0.1) is 22.7 Å². The molecule has 0 radical (unpaired) electrons. The molecular weight excluding hydrogens is 412 g/mol. The number of hydrogen-bond donors (Lipinski definition) is 2. The van der Waals surface area contributed by atoms with E-state index in [9.17, 15) is 19.8 Å². The molecule has 7 heteroatoms. The Hall–Kier alpha value is -1.44. The molecule has 2 aliphatic heterocycles. The molecule has 4 aliphatic carbocycles. The van der Waals surface area contributed by atoms with E-state index in [1.54, 1.807) is 6.08 Å². The summed E-state index contributed by atoms with van der Waals surface area (Å²) >= 11 is 0. The molecule has 2 heterocycles. The summed E-state index contributed by atoms with van der Waals surface area (Å²) in [5.74, 6) is 0.0170. The van der Waals surface area contributed by atoms with E-state index in [1.807, 2.05) is 0 Å². The number of rotatable bonds is 2. The summed E-state index contributed by atoms with van der Waals surface area (Å²) in [6, 6.07) is 0. The van der Waals surface area contributed by atoms with Gasteiger partial charge in [0.25, 0.3) is 0 Å². The number of hydrogen-bond acceptors (Lipinski definition) is 7. The van der Waals surface area contributed by atoms with Crippen LogP contribution in [0.3, 0.4) is 0 Å². The van der Waals surface area contributed by atoms with Crippen molar-refractivity contribution in [3.05, 3.63) is 11.6 Å². The van der Waals surface area contributed by atoms with Gasteiger partial charge in [0.1, 0.15) is 6.61 Å². The van der Waals surface area contributed by atoms with Crippen LogP contribution in [0.2, 0.25) is 0 Å². The van der Waals surface area contributed by atoms with Crippen LogP contribution in [0.15, 0.2) is 11.6 Å². The summed E-state index contributed by atoms with van der Waals surface area (Å²) < 4.78 is 17.9. The van der Waals surface area contributed by atoms with Gasteiger partial charge in [-0.25, -0.2) is 4.79 Å². The van der Waals surface area contributed by atoms with Crippen LogP contribution in [0.25, 0.3) is 0 Å². The maximum absolute atomic E-state index is 12.1. The van der Waals surface area contributed by atoms with Crippen LogP contribution in [0, 0.1) is 28.6 Å². The fourth-order valence-electron chi connectivity index (χ4n) is 9.43. The second-order valence-corrected chi connectivity index (χ2v) is 11.6. The summed E-state index contributed by atoms with van der Waals surface area (Å²) in [5.41, 5.74) is -1.11. The minimum absolute atomic E-state index is 0.0216. The monoisotopic (exact) mass is 446 g/mol. The molecule has 2 bridgehead atoms. The lowest BCUT2D eigenvalue weighted by molar-refractivity contribution is -0.241. The van der Waals surface area contributed by atoms with E-state index in [0.717, 1.165) is 31.3 Å². The van der Waals surface area contributed by atoms with Crippen LogP contribution in [-0.4, -0.2) is 52.4 Å². The van der Waals surface area contributed by atoms with E-state index in [4.69, 9.17) is 14.2 Å². The highest BCUT2D eigenvalue weighted by Crippen LogP contribution is 2.76. The first-order chi connectivity index (χ1) is 15.1. The molecule has 2 N–H and O–H groups in total. The van der Waals surface area contributed by atoms with Crippen LogP contribution in [-0.2, 0) is 23.8 Å². The maximum Gasteiger partial charge on any atom is 0.331 e. The molecule has 6 rings (SSSR count). The van der Waals surface area contributed by atoms with Gasteiger partial charge in [-0.05, 0) is 74.2 Å². The third-order valence-corrected chi connectivity index (χ3v) is 10.5. The van der Waals surface area contributed by atoms with Crippen LogP contribution in [0.1, 0.15) is 71.6 Å². The number of cyclic esters (lactones) is 1. The molecule has 4 saturated carbocycles. The smallest absolute Gasteiger partial charge is 0.331 e. The van der Waals surface area contributed by atoms with E-state index >= 15 is 0 Å². The first-order valence-electron chi connectivity index (χ1n) is 12.3. The van der Waals surface area contributed by atoms with Crippen molar-refractivity contribution in [2.24, 2.45) is 28.6 Å². The molecule has 0 aromatic heterocycles. The Balaban J connectivity index is 1.43. The van der Waals surface area contributed by atoms with Crippen molar-refractivity contribution in [1.82, 2.24) is 0 Å². The largest absolute Gasteiger partial charge is 0.458 e. The maximum atomic E-state index is 12.1. The molecule has 0 unspecified atom stereocenters. The molecule has 176 valence electrons. The van der Waals surface area contributed by atoms with Gasteiger partial charge in [0, 0.05) is 25.3 Å². The Labute approximate surface area is 188 Å². The highest BCUT2D eigenvalue weighted by molar-refractivity contribution is 5.85. The fraction of sp³-hybridized carbons (Fsp3) is 0.840. The van der Waals surface area contributed by atoms with Gasteiger partial charge in [-0.2, -0.15) is 0 Å². The summed E-state index contributed by atoms with van der Waals surface area (Å²) in [5, 5.41) is 22.3. The van der Waals surface area contributed by atoms with Gasteiger partial charge >= 0.3 is 11.9 Å². The molecule has 6 aliphatic rings. The first-order valence-corrected chi connectivity index (χ1v) is 12.3. The number of carbonyl (C=O) groups is 2. The highest BCUT2D eigenvalue weighted by Gasteiger charge is 2.80. The second kappa shape index (κ2) is 6.57. The molecule has 9 atom stereocenters. The predicted molar refractivity (Wildman–Crippen MR) is 112 cm³/mol. The Bertz CT molecular complexity index is 899. The minimum Gasteiger partial charge on any atom is -0.458 e. The lowest BCUT2D eigenvalue weighted by Crippen LogP contribution is -2.67. The van der Waals surface area contributed by atoms with E-state index in [1.165, 1.54) is 6.92 Å². The lowest BCUT2D eigenvalue weighted by Gasteiger charge is -2.63. The zero-order valence-corrected chi connectivity index (χ0v) is 19.0. The van der Waals surface area contributed by atoms with Crippen molar-refractivity contribution in [2.75, 3.05) is 6.61 Å². The summed E-state index contributed by atoms with van der Waals surface area (Å²) in [6.07, 6.45) is 7.02. The molecule has 32 heavy (non-hydrogen) atoms. The minimum atomic E-state index is -1.09. The Morgan fingerprint density at radius 3 is 2.66 bits per heavy atom. The zero-order valence-electron chi connectivity index (χ0n) is 19.0. The summed E-state index contributed by atoms with van der Waals surface area (Å²) in [4.78, 5) is 23.9. The zero-order chi connectivity index (χ0) is 22.5. The highest BCUT2D eigenvalue weighted by atomic mass is 16.7.